The van der Waals surface area contributed by atoms with Crippen LogP contribution in [0.4, 0.5) is 5.69 Å². The second-order valence-corrected chi connectivity index (χ2v) is 10.8. The lowest BCUT2D eigenvalue weighted by molar-refractivity contribution is 0.918. The van der Waals surface area contributed by atoms with Gasteiger partial charge in [0.05, 0.1) is 5.69 Å². The van der Waals surface area contributed by atoms with E-state index in [1.807, 2.05) is 6.07 Å². The molecule has 1 fully saturated rings. The molecular weight excluding hydrogens is 411 g/mol. The Balaban J connectivity index is 1.78. The van der Waals surface area contributed by atoms with Gasteiger partial charge in [0.25, 0.3) is 0 Å². The van der Waals surface area contributed by atoms with Crippen LogP contribution in [0.3, 0.4) is 0 Å². The highest BCUT2D eigenvalue weighted by Gasteiger charge is 2.43. The van der Waals surface area contributed by atoms with Crippen molar-refractivity contribution >= 4 is 29.3 Å². The van der Waals surface area contributed by atoms with Crippen molar-refractivity contribution in [3.05, 3.63) is 115 Å². The molecule has 156 valence electrons. The van der Waals surface area contributed by atoms with Crippen molar-refractivity contribution in [2.45, 2.75) is 0 Å². The number of fused-ring (bicyclic) bond motifs is 1. The van der Waals surface area contributed by atoms with Gasteiger partial charge in [-0.05, 0) is 24.3 Å². The maximum atomic E-state index is 5.58. The first-order valence-electron chi connectivity index (χ1n) is 10.9. The molecule has 0 saturated carbocycles. The van der Waals surface area contributed by atoms with Crippen molar-refractivity contribution in [2.75, 3.05) is 13.1 Å². The number of aromatic nitrogens is 2. The van der Waals surface area contributed by atoms with Crippen LogP contribution in [0.25, 0.3) is 16.9 Å². The smallest absolute Gasteiger partial charge is 0.138 e. The number of hydrogen-bond donors (Lipinski definition) is 0. The second-order valence-electron chi connectivity index (χ2n) is 7.90. The zero-order valence-corrected chi connectivity index (χ0v) is 18.5. The van der Waals surface area contributed by atoms with E-state index in [-0.39, 0.29) is 0 Å². The molecule has 6 rings (SSSR count). The molecule has 1 saturated heterocycles. The van der Waals surface area contributed by atoms with Crippen molar-refractivity contribution in [1.29, 1.82) is 0 Å². The summed E-state index contributed by atoms with van der Waals surface area (Å²) >= 11 is 0. The number of rotatable bonds is 5. The van der Waals surface area contributed by atoms with Crippen molar-refractivity contribution in [1.82, 2.24) is 14.1 Å². The van der Waals surface area contributed by atoms with Gasteiger partial charge in [0.2, 0.25) is 0 Å². The van der Waals surface area contributed by atoms with E-state index in [0.29, 0.717) is 0 Å². The molecule has 1 aliphatic heterocycles. The normalized spacial score (nSPS) is 15.4. The zero-order chi connectivity index (χ0) is 21.4. The van der Waals surface area contributed by atoms with Gasteiger partial charge in [-0.1, -0.05) is 84.9 Å². The summed E-state index contributed by atoms with van der Waals surface area (Å²) in [5, 5.41) is 1.25. The fourth-order valence-electron chi connectivity index (χ4n) is 4.29. The second kappa shape index (κ2) is 7.90. The maximum Gasteiger partial charge on any atom is 0.138 e. The van der Waals surface area contributed by atoms with E-state index >= 15 is 0 Å². The number of benzene rings is 3. The molecule has 0 spiro atoms. The van der Waals surface area contributed by atoms with Crippen molar-refractivity contribution in [3.63, 3.8) is 0 Å². The van der Waals surface area contributed by atoms with Crippen LogP contribution in [0.1, 0.15) is 0 Å². The Morgan fingerprint density at radius 3 is 2.00 bits per heavy atom. The van der Waals surface area contributed by atoms with Crippen molar-refractivity contribution in [3.8, 4) is 11.3 Å². The summed E-state index contributed by atoms with van der Waals surface area (Å²) in [5.74, 6) is 0. The predicted octanol–water partition coefficient (Wildman–Crippen LogP) is 5.72. The highest BCUT2D eigenvalue weighted by molar-refractivity contribution is 7.79. The summed E-state index contributed by atoms with van der Waals surface area (Å²) in [6.07, 6.45) is 2.13. The van der Waals surface area contributed by atoms with Gasteiger partial charge in [-0.25, -0.2) is 9.73 Å². The molecule has 0 radical (unpaired) electrons. The van der Waals surface area contributed by atoms with Gasteiger partial charge in [-0.2, -0.15) is 0 Å². The third kappa shape index (κ3) is 3.20. The van der Waals surface area contributed by atoms with E-state index in [2.05, 4.69) is 118 Å². The minimum absolute atomic E-state index is 0.951. The average molecular weight is 434 g/mol. The fourth-order valence-corrected chi connectivity index (χ4v) is 8.13. The van der Waals surface area contributed by atoms with Crippen molar-refractivity contribution in [2.24, 2.45) is 4.74 Å². The molecule has 5 heteroatoms. The molecule has 32 heavy (non-hydrogen) atoms. The molecule has 0 aliphatic carbocycles. The van der Waals surface area contributed by atoms with E-state index < -0.39 is 7.21 Å². The minimum Gasteiger partial charge on any atom is -0.297 e. The Hall–Kier alpha value is -3.46. The Labute approximate surface area is 187 Å². The van der Waals surface area contributed by atoms with Gasteiger partial charge in [0.1, 0.15) is 24.0 Å². The molecule has 0 bridgehead atoms. The summed E-state index contributed by atoms with van der Waals surface area (Å²) in [4.78, 5) is 5.13. The fraction of sp³-hybridized carbons (Fsp3) is 0.0741. The Morgan fingerprint density at radius 2 is 1.31 bits per heavy atom. The lowest BCUT2D eigenvalue weighted by Gasteiger charge is -2.28. The van der Waals surface area contributed by atoms with E-state index in [1.165, 1.54) is 10.7 Å². The molecule has 1 aliphatic rings. The number of hydrogen-bond acceptors (Lipinski definition) is 2. The molecule has 1 atom stereocenters. The SMILES string of the molecule is c1ccc(N=P(c2ccccc2)(c2c(-c3ccccc3)nc3ccccn23)N2CC2)cc1. The highest BCUT2D eigenvalue weighted by atomic mass is 31.2. The van der Waals surface area contributed by atoms with Crippen molar-refractivity contribution < 1.29 is 0 Å². The van der Waals surface area contributed by atoms with Crippen LogP contribution in [0.5, 0.6) is 0 Å². The minimum atomic E-state index is -2.33. The molecule has 3 aromatic carbocycles. The third-order valence-corrected chi connectivity index (χ3v) is 9.59. The first-order valence-corrected chi connectivity index (χ1v) is 12.6. The number of imidazole rings is 1. The standard InChI is InChI=1S/C27H23N4P/c1-4-12-22(13-5-1)26-27(31-19-11-10-18-25(31)28-26)32(30-20-21-30,24-16-8-3-9-17-24)29-23-14-6-2-7-15-23/h1-19H,20-21H2. The molecule has 0 amide bonds. The van der Waals surface area contributed by atoms with Crippen LogP contribution in [-0.4, -0.2) is 27.1 Å². The van der Waals surface area contributed by atoms with Gasteiger partial charge < -0.3 is 0 Å². The summed E-state index contributed by atoms with van der Waals surface area (Å²) in [5.41, 5.74) is 5.28. The first kappa shape index (κ1) is 19.2. The number of nitrogens with zero attached hydrogens (tertiary/aromatic N) is 4. The van der Waals surface area contributed by atoms with Gasteiger partial charge in [-0.15, -0.1) is 0 Å². The van der Waals surface area contributed by atoms with Gasteiger partial charge in [0.15, 0.2) is 0 Å². The average Bonchev–Trinajstić information content (AvgIpc) is 3.65. The molecule has 2 aromatic heterocycles. The number of pyridine rings is 1. The largest absolute Gasteiger partial charge is 0.297 e. The third-order valence-electron chi connectivity index (χ3n) is 5.81. The maximum absolute atomic E-state index is 5.58. The lowest BCUT2D eigenvalue weighted by Crippen LogP contribution is -2.26. The van der Waals surface area contributed by atoms with Crippen LogP contribution in [0.15, 0.2) is 120 Å². The van der Waals surface area contributed by atoms with Crippen LogP contribution in [0, 0.1) is 0 Å². The monoisotopic (exact) mass is 434 g/mol. The molecule has 5 aromatic rings. The Bertz CT molecular complexity index is 1420. The molecular formula is C27H23N4P. The summed E-state index contributed by atoms with van der Waals surface area (Å²) in [6.45, 7) is 2.07. The van der Waals surface area contributed by atoms with Crippen LogP contribution in [-0.2, 0) is 0 Å². The van der Waals surface area contributed by atoms with Crippen LogP contribution >= 0.6 is 7.21 Å². The molecule has 4 nitrogen and oxygen atoms in total. The van der Waals surface area contributed by atoms with E-state index in [0.717, 1.165) is 35.7 Å². The summed E-state index contributed by atoms with van der Waals surface area (Å²) in [7, 11) is -2.33. The molecule has 1 unspecified atom stereocenters. The van der Waals surface area contributed by atoms with Gasteiger partial charge >= 0.3 is 0 Å². The highest BCUT2D eigenvalue weighted by Crippen LogP contribution is 2.58. The topological polar surface area (TPSA) is 32.7 Å². The quantitative estimate of drug-likeness (QED) is 0.262. The van der Waals surface area contributed by atoms with Crippen LogP contribution < -0.4 is 10.7 Å². The van der Waals surface area contributed by atoms with Gasteiger partial charge in [0, 0.05) is 30.2 Å². The Morgan fingerprint density at radius 1 is 0.688 bits per heavy atom. The van der Waals surface area contributed by atoms with Crippen LogP contribution in [0.2, 0.25) is 0 Å². The molecule has 0 N–H and O–H groups in total. The summed E-state index contributed by atoms with van der Waals surface area (Å²) < 4.78 is 10.4. The van der Waals surface area contributed by atoms with E-state index in [1.54, 1.807) is 0 Å². The predicted molar refractivity (Wildman–Crippen MR) is 133 cm³/mol. The Kier molecular flexibility index (Phi) is 4.75. The first-order chi connectivity index (χ1) is 15.9. The molecule has 3 heterocycles. The lowest BCUT2D eigenvalue weighted by atomic mass is 10.2. The van der Waals surface area contributed by atoms with E-state index in [4.69, 9.17) is 9.73 Å². The van der Waals surface area contributed by atoms with E-state index in [9.17, 15) is 0 Å². The zero-order valence-electron chi connectivity index (χ0n) is 17.6. The summed E-state index contributed by atoms with van der Waals surface area (Å²) in [6, 6.07) is 37.9. The van der Waals surface area contributed by atoms with Gasteiger partial charge in [-0.3, -0.25) is 9.07 Å².